The molecule has 0 aliphatic heterocycles. The van der Waals surface area contributed by atoms with Crippen LogP contribution in [0.3, 0.4) is 0 Å². The molecule has 0 saturated heterocycles. The third-order valence-electron chi connectivity index (χ3n) is 3.59. The van der Waals surface area contributed by atoms with Gasteiger partial charge < -0.3 is 11.1 Å². The van der Waals surface area contributed by atoms with Crippen LogP contribution in [0, 0.1) is 0 Å². The molecule has 0 radical (unpaired) electrons. The Morgan fingerprint density at radius 3 is 2.62 bits per heavy atom. The van der Waals surface area contributed by atoms with E-state index in [-0.39, 0.29) is 6.54 Å². The Morgan fingerprint density at radius 1 is 1.04 bits per heavy atom. The van der Waals surface area contributed by atoms with Crippen LogP contribution in [0.1, 0.15) is 5.56 Å². The lowest BCUT2D eigenvalue weighted by molar-refractivity contribution is 0.587. The van der Waals surface area contributed by atoms with E-state index in [0.29, 0.717) is 11.5 Å². The second-order valence-electron chi connectivity index (χ2n) is 5.83. The Balaban J connectivity index is 1.78. The Hall–Kier alpha value is -2.97. The molecule has 0 aliphatic carbocycles. The first-order valence-electron chi connectivity index (χ1n) is 7.88. The average Bonchev–Trinajstić information content (AvgIpc) is 2.60. The van der Waals surface area contributed by atoms with E-state index >= 15 is 0 Å². The zero-order valence-electron chi connectivity index (χ0n) is 14.2. The highest BCUT2D eigenvalue weighted by atomic mass is 32.2. The molecule has 0 bridgehead atoms. The fraction of sp³-hybridized carbons (Fsp3) is 0.111. The van der Waals surface area contributed by atoms with Gasteiger partial charge in [0.1, 0.15) is 12.1 Å². The number of nitrogen functional groups attached to an aromatic ring is 1. The highest BCUT2D eigenvalue weighted by molar-refractivity contribution is 7.88. The average molecular weight is 369 g/mol. The van der Waals surface area contributed by atoms with Crippen molar-refractivity contribution >= 4 is 27.2 Å². The summed E-state index contributed by atoms with van der Waals surface area (Å²) in [6.45, 7) is 0.229. The Bertz CT molecular complexity index is 1020. The third kappa shape index (κ3) is 5.01. The van der Waals surface area contributed by atoms with E-state index in [2.05, 4.69) is 20.0 Å². The molecule has 0 aliphatic rings. The van der Waals surface area contributed by atoms with Crippen molar-refractivity contribution in [3.63, 3.8) is 0 Å². The highest BCUT2D eigenvalue weighted by Gasteiger charge is 2.05. The first kappa shape index (κ1) is 17.8. The summed E-state index contributed by atoms with van der Waals surface area (Å²) in [4.78, 5) is 8.52. The summed E-state index contributed by atoms with van der Waals surface area (Å²) in [6.07, 6.45) is 2.61. The van der Waals surface area contributed by atoms with Gasteiger partial charge in [0, 0.05) is 29.5 Å². The number of hydrogen-bond acceptors (Lipinski definition) is 6. The van der Waals surface area contributed by atoms with Gasteiger partial charge in [-0.2, -0.15) is 0 Å². The predicted octanol–water partition coefficient (Wildman–Crippen LogP) is 2.52. The Morgan fingerprint density at radius 2 is 1.85 bits per heavy atom. The van der Waals surface area contributed by atoms with Gasteiger partial charge in [-0.1, -0.05) is 24.3 Å². The summed E-state index contributed by atoms with van der Waals surface area (Å²) < 4.78 is 24.9. The van der Waals surface area contributed by atoms with Crippen molar-refractivity contribution in [3.05, 3.63) is 66.5 Å². The smallest absolute Gasteiger partial charge is 0.209 e. The van der Waals surface area contributed by atoms with E-state index in [0.717, 1.165) is 28.8 Å². The SMILES string of the molecule is CS(=O)(=O)NCc1cccc(Nc2cc(-c3cccc(N)c3)ncn2)c1. The Kier molecular flexibility index (Phi) is 5.15. The third-order valence-corrected chi connectivity index (χ3v) is 4.26. The van der Waals surface area contributed by atoms with Crippen LogP contribution in [-0.4, -0.2) is 24.6 Å². The van der Waals surface area contributed by atoms with E-state index < -0.39 is 10.0 Å². The van der Waals surface area contributed by atoms with Crippen molar-refractivity contribution in [3.8, 4) is 11.3 Å². The maximum atomic E-state index is 11.2. The van der Waals surface area contributed by atoms with Gasteiger partial charge in [-0.3, -0.25) is 0 Å². The van der Waals surface area contributed by atoms with Gasteiger partial charge in [0.05, 0.1) is 11.9 Å². The molecule has 1 heterocycles. The molecule has 7 nitrogen and oxygen atoms in total. The van der Waals surface area contributed by atoms with Crippen molar-refractivity contribution in [1.82, 2.24) is 14.7 Å². The molecule has 0 atom stereocenters. The van der Waals surface area contributed by atoms with E-state index in [9.17, 15) is 8.42 Å². The van der Waals surface area contributed by atoms with Crippen molar-refractivity contribution in [1.29, 1.82) is 0 Å². The second kappa shape index (κ2) is 7.51. The maximum absolute atomic E-state index is 11.2. The van der Waals surface area contributed by atoms with E-state index in [1.54, 1.807) is 0 Å². The van der Waals surface area contributed by atoms with Crippen molar-refractivity contribution in [2.75, 3.05) is 17.3 Å². The predicted molar refractivity (Wildman–Crippen MR) is 103 cm³/mol. The monoisotopic (exact) mass is 369 g/mol. The molecule has 2 aromatic carbocycles. The van der Waals surface area contributed by atoms with Crippen LogP contribution < -0.4 is 15.8 Å². The zero-order chi connectivity index (χ0) is 18.6. The van der Waals surface area contributed by atoms with Crippen LogP contribution in [0.25, 0.3) is 11.3 Å². The quantitative estimate of drug-likeness (QED) is 0.576. The number of benzene rings is 2. The standard InChI is InChI=1S/C18H19N5O2S/c1-26(24,25)22-11-13-4-2-7-16(8-13)23-18-10-17(20-12-21-18)14-5-3-6-15(19)9-14/h2-10,12,22H,11,19H2,1H3,(H,20,21,23). The number of aromatic nitrogens is 2. The van der Waals surface area contributed by atoms with Crippen LogP contribution in [0.5, 0.6) is 0 Å². The summed E-state index contributed by atoms with van der Waals surface area (Å²) in [5.41, 5.74) is 9.79. The zero-order valence-corrected chi connectivity index (χ0v) is 15.0. The number of rotatable bonds is 6. The second-order valence-corrected chi connectivity index (χ2v) is 7.67. The first-order chi connectivity index (χ1) is 12.4. The van der Waals surface area contributed by atoms with Crippen molar-refractivity contribution < 1.29 is 8.42 Å². The fourth-order valence-electron chi connectivity index (χ4n) is 2.40. The largest absolute Gasteiger partial charge is 0.399 e. The van der Waals surface area contributed by atoms with Gasteiger partial charge in [0.15, 0.2) is 0 Å². The molecule has 3 aromatic rings. The molecular weight excluding hydrogens is 350 g/mol. The molecule has 0 spiro atoms. The van der Waals surface area contributed by atoms with Crippen molar-refractivity contribution in [2.45, 2.75) is 6.54 Å². The summed E-state index contributed by atoms with van der Waals surface area (Å²) in [6, 6.07) is 16.7. The first-order valence-corrected chi connectivity index (χ1v) is 9.77. The normalized spacial score (nSPS) is 11.3. The molecule has 0 unspecified atom stereocenters. The van der Waals surface area contributed by atoms with Gasteiger partial charge in [-0.15, -0.1) is 0 Å². The van der Waals surface area contributed by atoms with Gasteiger partial charge >= 0.3 is 0 Å². The number of nitrogens with two attached hydrogens (primary N) is 1. The molecule has 134 valence electrons. The number of nitrogens with one attached hydrogen (secondary N) is 2. The molecule has 8 heteroatoms. The minimum Gasteiger partial charge on any atom is -0.399 e. The molecule has 1 aromatic heterocycles. The van der Waals surface area contributed by atoms with Crippen molar-refractivity contribution in [2.24, 2.45) is 0 Å². The summed E-state index contributed by atoms with van der Waals surface area (Å²) in [5, 5.41) is 3.21. The molecule has 0 fully saturated rings. The number of nitrogens with zero attached hydrogens (tertiary/aromatic N) is 2. The lowest BCUT2D eigenvalue weighted by Crippen LogP contribution is -2.21. The lowest BCUT2D eigenvalue weighted by Gasteiger charge is -2.09. The van der Waals surface area contributed by atoms with Gasteiger partial charge in [-0.05, 0) is 29.8 Å². The number of sulfonamides is 1. The lowest BCUT2D eigenvalue weighted by atomic mass is 10.1. The molecule has 0 saturated carbocycles. The highest BCUT2D eigenvalue weighted by Crippen LogP contribution is 2.23. The minimum atomic E-state index is -3.24. The van der Waals surface area contributed by atoms with Crippen LogP contribution in [0.4, 0.5) is 17.2 Å². The fourth-order valence-corrected chi connectivity index (χ4v) is 2.83. The van der Waals surface area contributed by atoms with Gasteiger partial charge in [0.25, 0.3) is 0 Å². The van der Waals surface area contributed by atoms with E-state index in [1.165, 1.54) is 6.33 Å². The van der Waals surface area contributed by atoms with E-state index in [4.69, 9.17) is 5.73 Å². The maximum Gasteiger partial charge on any atom is 0.209 e. The molecule has 4 N–H and O–H groups in total. The topological polar surface area (TPSA) is 110 Å². The van der Waals surface area contributed by atoms with Gasteiger partial charge in [-0.25, -0.2) is 23.1 Å². The van der Waals surface area contributed by atoms with Crippen LogP contribution in [0.2, 0.25) is 0 Å². The number of anilines is 3. The van der Waals surface area contributed by atoms with Crippen LogP contribution in [0.15, 0.2) is 60.9 Å². The summed E-state index contributed by atoms with van der Waals surface area (Å²) >= 11 is 0. The van der Waals surface area contributed by atoms with Crippen LogP contribution >= 0.6 is 0 Å². The van der Waals surface area contributed by atoms with E-state index in [1.807, 2.05) is 54.6 Å². The molecule has 0 amide bonds. The molecule has 26 heavy (non-hydrogen) atoms. The Labute approximate surface area is 152 Å². The van der Waals surface area contributed by atoms with Gasteiger partial charge in [0.2, 0.25) is 10.0 Å². The molecule has 3 rings (SSSR count). The summed E-state index contributed by atoms with van der Waals surface area (Å²) in [5.74, 6) is 0.630. The van der Waals surface area contributed by atoms with Crippen LogP contribution in [-0.2, 0) is 16.6 Å². The molecular formula is C18H19N5O2S. The summed E-state index contributed by atoms with van der Waals surface area (Å²) in [7, 11) is -3.24. The minimum absolute atomic E-state index is 0.229. The number of hydrogen-bond donors (Lipinski definition) is 3.